The third-order valence-corrected chi connectivity index (χ3v) is 3.78. The highest BCUT2D eigenvalue weighted by Gasteiger charge is 2.17. The van der Waals surface area contributed by atoms with Gasteiger partial charge in [-0.1, -0.05) is 24.4 Å². The molecule has 0 aliphatic heterocycles. The molecule has 0 radical (unpaired) electrons. The summed E-state index contributed by atoms with van der Waals surface area (Å²) < 4.78 is 9.81. The zero-order valence-corrected chi connectivity index (χ0v) is 16.4. The Morgan fingerprint density at radius 1 is 1.12 bits per heavy atom. The summed E-state index contributed by atoms with van der Waals surface area (Å²) in [6.07, 6.45) is 6.22. The van der Waals surface area contributed by atoms with Crippen LogP contribution in [0.5, 0.6) is 0 Å². The summed E-state index contributed by atoms with van der Waals surface area (Å²) >= 11 is 0. The van der Waals surface area contributed by atoms with E-state index < -0.39 is 13.2 Å². The van der Waals surface area contributed by atoms with Gasteiger partial charge in [-0.05, 0) is 32.5 Å². The highest BCUT2D eigenvalue weighted by molar-refractivity contribution is 6.69. The van der Waals surface area contributed by atoms with Crippen LogP contribution >= 0.6 is 0 Å². The zero-order valence-electron chi connectivity index (χ0n) is 15.4. The zero-order chi connectivity index (χ0) is 19.3. The molecule has 142 valence electrons. The van der Waals surface area contributed by atoms with Crippen LogP contribution in [0, 0.1) is 10.1 Å². The molecule has 0 heterocycles. The van der Waals surface area contributed by atoms with Crippen LogP contribution in [-0.4, -0.2) is 38.3 Å². The quantitative estimate of drug-likeness (QED) is 0.0715. The molecule has 0 aromatic rings. The van der Waals surface area contributed by atoms with Gasteiger partial charge in [0, 0.05) is 18.9 Å². The van der Waals surface area contributed by atoms with Gasteiger partial charge < -0.3 is 9.26 Å². The first-order valence-corrected chi connectivity index (χ1v) is 11.7. The molecule has 0 amide bonds. The minimum atomic E-state index is -1.95. The number of esters is 1. The first-order chi connectivity index (χ1) is 11.7. The summed E-state index contributed by atoms with van der Waals surface area (Å²) in [5, 5.41) is 14.8. The van der Waals surface area contributed by atoms with Gasteiger partial charge in [0.15, 0.2) is 6.29 Å². The number of nitro groups is 1. The molecule has 8 nitrogen and oxygen atoms in total. The molecule has 0 saturated carbocycles. The Labute approximate surface area is 149 Å². The van der Waals surface area contributed by atoms with Gasteiger partial charge in [0.1, 0.15) is 5.71 Å². The second-order valence-corrected chi connectivity index (χ2v) is 11.0. The lowest BCUT2D eigenvalue weighted by Gasteiger charge is -2.12. The molecule has 0 aliphatic carbocycles. The number of unbranched alkanes of at least 4 members (excludes halogenated alkanes) is 4. The average molecular weight is 373 g/mol. The summed E-state index contributed by atoms with van der Waals surface area (Å²) in [7, 11) is -0.587. The Morgan fingerprint density at radius 2 is 1.68 bits per heavy atom. The van der Waals surface area contributed by atoms with Gasteiger partial charge >= 0.3 is 5.97 Å². The minimum absolute atomic E-state index is 0.0559. The Bertz CT molecular complexity index is 511. The van der Waals surface area contributed by atoms with E-state index in [4.69, 9.17) is 4.53 Å². The number of nitrogens with zero attached hydrogens (tertiary/aromatic N) is 2. The fraction of sp³-hybridized carbons (Fsp3) is 0.688. The third kappa shape index (κ3) is 13.0. The topological polar surface area (TPSA) is 108 Å². The predicted molar refractivity (Wildman–Crippen MR) is 97.3 cm³/mol. The Morgan fingerprint density at radius 3 is 2.16 bits per heavy atom. The van der Waals surface area contributed by atoms with Crippen molar-refractivity contribution in [3.05, 3.63) is 21.9 Å². The molecule has 0 bridgehead atoms. The summed E-state index contributed by atoms with van der Waals surface area (Å²) in [5.41, 5.74) is -0.133. The first kappa shape index (κ1) is 23.0. The number of oxime groups is 1. The van der Waals surface area contributed by atoms with Gasteiger partial charge in [0.05, 0.1) is 12.0 Å². The van der Waals surface area contributed by atoms with Crippen molar-refractivity contribution in [1.29, 1.82) is 0 Å². The number of allylic oxidation sites excluding steroid dienone is 2. The standard InChI is InChI=1S/C16H28N2O6Si/c1-23-16(20)11-9-7-5-6-8-10-15(18(21)22)12-14(13-19)17-24-25(2,3)4/h12-13H,5-11H2,1-4H3/b15-12+,17-14+/i18+1. The number of carbonyl (C=O) groups is 2. The van der Waals surface area contributed by atoms with Gasteiger partial charge in [-0.25, -0.2) is 0 Å². The van der Waals surface area contributed by atoms with E-state index in [-0.39, 0.29) is 23.8 Å². The van der Waals surface area contributed by atoms with Crippen molar-refractivity contribution in [2.45, 2.75) is 64.6 Å². The van der Waals surface area contributed by atoms with Crippen LogP contribution in [-0.2, 0) is 18.9 Å². The molecule has 0 saturated heterocycles. The van der Waals surface area contributed by atoms with Gasteiger partial charge in [-0.2, -0.15) is 0 Å². The van der Waals surface area contributed by atoms with Crippen LogP contribution in [0.2, 0.25) is 19.6 Å². The van der Waals surface area contributed by atoms with E-state index in [2.05, 4.69) is 9.89 Å². The van der Waals surface area contributed by atoms with Gasteiger partial charge in [0.25, 0.3) is 8.32 Å². The number of hydrogen-bond acceptors (Lipinski definition) is 7. The van der Waals surface area contributed by atoms with Gasteiger partial charge in [-0.3, -0.25) is 19.7 Å². The Hall–Kier alpha value is -2.03. The number of rotatable bonds is 13. The lowest BCUT2D eigenvalue weighted by atomic mass is 10.1. The number of aldehydes is 1. The molecule has 0 aromatic heterocycles. The Kier molecular flexibility index (Phi) is 11.3. The van der Waals surface area contributed by atoms with Gasteiger partial charge in [-0.15, -0.1) is 0 Å². The molecular weight excluding hydrogens is 345 g/mol. The molecule has 0 N–H and O–H groups in total. The van der Waals surface area contributed by atoms with E-state index in [1.165, 1.54) is 13.2 Å². The maximum Gasteiger partial charge on any atom is 0.305 e. The molecule has 0 unspecified atom stereocenters. The van der Waals surface area contributed by atoms with Crippen LogP contribution in [0.1, 0.15) is 44.9 Å². The van der Waals surface area contributed by atoms with E-state index in [1.54, 1.807) is 0 Å². The third-order valence-electron chi connectivity index (χ3n) is 3.14. The summed E-state index contributed by atoms with van der Waals surface area (Å²) in [6, 6.07) is 0. The Balaban J connectivity index is 4.39. The van der Waals surface area contributed by atoms with Crippen molar-refractivity contribution in [2.75, 3.05) is 7.11 Å². The fourth-order valence-corrected chi connectivity index (χ4v) is 2.25. The second-order valence-electron chi connectivity index (χ2n) is 6.57. The summed E-state index contributed by atoms with van der Waals surface area (Å²) in [6.45, 7) is 5.70. The van der Waals surface area contributed by atoms with Crippen LogP contribution < -0.4 is 0 Å². The SMILES string of the molecule is COC(=O)CCCCCCC/C(=C\C(C=O)=N/O[Si](C)(C)C)[15N+](=O)[O-]. The molecule has 0 rings (SSSR count). The molecular formula is C16H28N2O6Si. The number of ether oxygens (including phenoxy) is 1. The molecule has 0 spiro atoms. The largest absolute Gasteiger partial charge is 0.469 e. The summed E-state index contributed by atoms with van der Waals surface area (Å²) in [4.78, 5) is 32.6. The number of methoxy groups -OCH3 is 1. The predicted octanol–water partition coefficient (Wildman–Crippen LogP) is 3.46. The highest BCUT2D eigenvalue weighted by Crippen LogP contribution is 2.13. The van der Waals surface area contributed by atoms with E-state index in [0.717, 1.165) is 25.7 Å². The van der Waals surface area contributed by atoms with Crippen molar-refractivity contribution in [2.24, 2.45) is 5.16 Å². The number of carbonyl (C=O) groups excluding carboxylic acids is 2. The van der Waals surface area contributed by atoms with Gasteiger partial charge in [0.2, 0.25) is 5.70 Å². The van der Waals surface area contributed by atoms with Crippen LogP contribution in [0.25, 0.3) is 0 Å². The smallest absolute Gasteiger partial charge is 0.305 e. The molecule has 0 fully saturated rings. The van der Waals surface area contributed by atoms with E-state index in [9.17, 15) is 19.7 Å². The van der Waals surface area contributed by atoms with Crippen molar-refractivity contribution < 1.29 is 23.8 Å². The lowest BCUT2D eigenvalue weighted by molar-refractivity contribution is -0.427. The van der Waals surface area contributed by atoms with Crippen LogP contribution in [0.3, 0.4) is 0 Å². The number of hydrogen-bond donors (Lipinski definition) is 0. The first-order valence-electron chi connectivity index (χ1n) is 8.32. The molecule has 0 aromatic carbocycles. The van der Waals surface area contributed by atoms with E-state index in [1.807, 2.05) is 19.6 Å². The highest BCUT2D eigenvalue weighted by atomic mass is 28.4. The van der Waals surface area contributed by atoms with Crippen molar-refractivity contribution in [3.8, 4) is 0 Å². The maximum absolute atomic E-state index is 11.1. The lowest BCUT2D eigenvalue weighted by Crippen LogP contribution is -2.23. The monoisotopic (exact) mass is 373 g/mol. The molecule has 0 atom stereocenters. The van der Waals surface area contributed by atoms with Crippen LogP contribution in [0.4, 0.5) is 0 Å². The van der Waals surface area contributed by atoms with Crippen molar-refractivity contribution >= 4 is 26.3 Å². The van der Waals surface area contributed by atoms with Crippen molar-refractivity contribution in [3.63, 3.8) is 0 Å². The minimum Gasteiger partial charge on any atom is -0.469 e. The molecule has 9 heteroatoms. The molecule has 0 aliphatic rings. The van der Waals surface area contributed by atoms with Crippen molar-refractivity contribution in [1.82, 2.24) is 0 Å². The fourth-order valence-electron chi connectivity index (χ4n) is 1.87. The maximum atomic E-state index is 11.1. The second kappa shape index (κ2) is 12.3. The normalized spacial score (nSPS) is 12.6. The van der Waals surface area contributed by atoms with E-state index >= 15 is 0 Å². The van der Waals surface area contributed by atoms with E-state index in [0.29, 0.717) is 19.1 Å². The molecule has 25 heavy (non-hydrogen) atoms. The van der Waals surface area contributed by atoms with Crippen LogP contribution in [0.15, 0.2) is 16.9 Å². The average Bonchev–Trinajstić information content (AvgIpc) is 2.54. The summed E-state index contributed by atoms with van der Waals surface area (Å²) in [5.74, 6) is -0.222.